The number of hydrogen-bond acceptors (Lipinski definition) is 8. The van der Waals surface area contributed by atoms with Gasteiger partial charge in [0.2, 0.25) is 0 Å². The summed E-state index contributed by atoms with van der Waals surface area (Å²) in [7, 11) is 0. The van der Waals surface area contributed by atoms with Crippen LogP contribution in [0.3, 0.4) is 0 Å². The third kappa shape index (κ3) is 7.08. The van der Waals surface area contributed by atoms with E-state index in [0.29, 0.717) is 23.3 Å². The standard InChI is InChI=1S/C62H40N10/c1-5-17-39(18-6-1)55-65-56(40-19-7-2-8-20-40)68-59(67-55)44-31-35-52-48(37-44)49-38-45(60-69-57(41-21-9-3-10-22-41)66-58(70-60)42-23-11-4-12-24-42)32-36-53(49)71(52)46-33-29-43(30-34-46)61-63-50-26-14-13-25-47(50)62-64-51-27-15-16-28-54(51)72(61)62/h1-38,55H,(H,65,67,68). The molecule has 10 nitrogen and oxygen atoms in total. The van der Waals surface area contributed by atoms with E-state index in [-0.39, 0.29) is 6.17 Å². The van der Waals surface area contributed by atoms with Crippen molar-refractivity contribution in [2.45, 2.75) is 6.17 Å². The van der Waals surface area contributed by atoms with Gasteiger partial charge >= 0.3 is 0 Å². The SMILES string of the molecule is c1ccc(C2=NC(c3ccc4c(c3)c3cc(-c5nc(-c6ccccc6)nc(-c6ccccc6)n5)ccc3n4-c3ccc(-c4nc5ccccc5c5nc6ccccc6n45)cc3)=NC(c3ccccc3)N2)cc1. The molecular formula is C62H40N10. The minimum Gasteiger partial charge on any atom is -0.344 e. The Kier molecular flexibility index (Phi) is 9.66. The first-order valence-electron chi connectivity index (χ1n) is 23.9. The number of imidazole rings is 1. The molecule has 1 aliphatic rings. The van der Waals surface area contributed by atoms with Crippen LogP contribution in [0.5, 0.6) is 0 Å². The molecule has 72 heavy (non-hydrogen) atoms. The molecular weight excluding hydrogens is 885 g/mol. The topological polar surface area (TPSA) is 111 Å². The Bertz CT molecular complexity index is 4220. The summed E-state index contributed by atoms with van der Waals surface area (Å²) in [5.74, 6) is 4.03. The third-order valence-corrected chi connectivity index (χ3v) is 13.4. The molecule has 1 atom stereocenters. The monoisotopic (exact) mass is 924 g/mol. The summed E-state index contributed by atoms with van der Waals surface area (Å²) in [6, 6.07) is 78.9. The summed E-state index contributed by atoms with van der Waals surface area (Å²) >= 11 is 0. The van der Waals surface area contributed by atoms with Gasteiger partial charge in [0.05, 0.1) is 27.6 Å². The Morgan fingerprint density at radius 1 is 0.375 bits per heavy atom. The van der Waals surface area contributed by atoms with Gasteiger partial charge in [0, 0.05) is 55.2 Å². The fourth-order valence-corrected chi connectivity index (χ4v) is 9.94. The lowest BCUT2D eigenvalue weighted by Gasteiger charge is -2.23. The van der Waals surface area contributed by atoms with Crippen molar-refractivity contribution in [2.75, 3.05) is 0 Å². The second kappa shape index (κ2) is 16.9. The molecule has 4 aromatic heterocycles. The van der Waals surface area contributed by atoms with Crippen LogP contribution < -0.4 is 5.32 Å². The van der Waals surface area contributed by atoms with Crippen LogP contribution in [0.4, 0.5) is 0 Å². The van der Waals surface area contributed by atoms with Crippen molar-refractivity contribution in [1.82, 2.24) is 39.2 Å². The molecule has 5 heterocycles. The quantitative estimate of drug-likeness (QED) is 0.162. The van der Waals surface area contributed by atoms with Crippen LogP contribution >= 0.6 is 0 Å². The predicted octanol–water partition coefficient (Wildman–Crippen LogP) is 13.5. The summed E-state index contributed by atoms with van der Waals surface area (Å²) in [4.78, 5) is 36.0. The van der Waals surface area contributed by atoms with Gasteiger partial charge in [0.15, 0.2) is 23.3 Å². The lowest BCUT2D eigenvalue weighted by atomic mass is 10.1. The van der Waals surface area contributed by atoms with E-state index in [1.165, 1.54) is 0 Å². The van der Waals surface area contributed by atoms with E-state index in [4.69, 9.17) is 34.9 Å². The van der Waals surface area contributed by atoms with Crippen LogP contribution in [0.1, 0.15) is 22.9 Å². The van der Waals surface area contributed by atoms with Crippen LogP contribution in [0.2, 0.25) is 0 Å². The largest absolute Gasteiger partial charge is 0.344 e. The second-order valence-corrected chi connectivity index (χ2v) is 17.8. The van der Waals surface area contributed by atoms with Gasteiger partial charge in [0.1, 0.15) is 23.5 Å². The molecule has 0 bridgehead atoms. The van der Waals surface area contributed by atoms with E-state index in [0.717, 1.165) is 106 Å². The first-order chi connectivity index (χ1) is 35.7. The van der Waals surface area contributed by atoms with E-state index in [9.17, 15) is 0 Å². The van der Waals surface area contributed by atoms with Crippen molar-refractivity contribution in [3.63, 3.8) is 0 Å². The number of aromatic nitrogens is 7. The van der Waals surface area contributed by atoms with E-state index in [1.807, 2.05) is 115 Å². The molecule has 9 aromatic carbocycles. The molecule has 1 unspecified atom stereocenters. The molecule has 0 fully saturated rings. The number of nitrogens with zero attached hydrogens (tertiary/aromatic N) is 9. The normalized spacial score (nSPS) is 13.7. The van der Waals surface area contributed by atoms with E-state index in [2.05, 4.69) is 130 Å². The average Bonchev–Trinajstić information content (AvgIpc) is 4.02. The molecule has 1 aliphatic heterocycles. The van der Waals surface area contributed by atoms with Gasteiger partial charge in [-0.1, -0.05) is 146 Å². The molecule has 10 heteroatoms. The molecule has 338 valence electrons. The number of rotatable bonds is 8. The first kappa shape index (κ1) is 41.1. The minimum absolute atomic E-state index is 0.337. The highest BCUT2D eigenvalue weighted by atomic mass is 15.2. The molecule has 0 radical (unpaired) electrons. The van der Waals surface area contributed by atoms with Crippen molar-refractivity contribution < 1.29 is 0 Å². The third-order valence-electron chi connectivity index (χ3n) is 13.4. The zero-order valence-corrected chi connectivity index (χ0v) is 38.5. The second-order valence-electron chi connectivity index (χ2n) is 17.8. The van der Waals surface area contributed by atoms with E-state index >= 15 is 0 Å². The average molecular weight is 925 g/mol. The maximum absolute atomic E-state index is 5.26. The van der Waals surface area contributed by atoms with Gasteiger partial charge < -0.3 is 9.88 Å². The minimum atomic E-state index is -0.337. The van der Waals surface area contributed by atoms with Crippen LogP contribution in [0.25, 0.3) is 101 Å². The van der Waals surface area contributed by atoms with Crippen LogP contribution in [0.15, 0.2) is 241 Å². The molecule has 0 saturated carbocycles. The zero-order chi connectivity index (χ0) is 47.5. The van der Waals surface area contributed by atoms with Crippen molar-refractivity contribution in [1.29, 1.82) is 0 Å². The Morgan fingerprint density at radius 2 is 0.903 bits per heavy atom. The van der Waals surface area contributed by atoms with Gasteiger partial charge in [0.25, 0.3) is 0 Å². The van der Waals surface area contributed by atoms with Gasteiger partial charge in [-0.3, -0.25) is 4.40 Å². The molecule has 14 rings (SSSR count). The molecule has 0 amide bonds. The Balaban J connectivity index is 0.961. The number of nitrogens with one attached hydrogen (secondary N) is 1. The smallest absolute Gasteiger partial charge is 0.164 e. The number of fused-ring (bicyclic) bond motifs is 8. The Morgan fingerprint density at radius 3 is 1.57 bits per heavy atom. The zero-order valence-electron chi connectivity index (χ0n) is 38.5. The Labute approximate surface area is 413 Å². The van der Waals surface area contributed by atoms with Gasteiger partial charge in [-0.05, 0) is 90.5 Å². The fraction of sp³-hybridized carbons (Fsp3) is 0.0161. The lowest BCUT2D eigenvalue weighted by molar-refractivity contribution is 0.674. The first-order valence-corrected chi connectivity index (χ1v) is 23.9. The summed E-state index contributed by atoms with van der Waals surface area (Å²) in [5.41, 5.74) is 13.4. The summed E-state index contributed by atoms with van der Waals surface area (Å²) in [6.45, 7) is 0. The van der Waals surface area contributed by atoms with E-state index in [1.54, 1.807) is 0 Å². The maximum atomic E-state index is 5.26. The Hall–Kier alpha value is -9.93. The summed E-state index contributed by atoms with van der Waals surface area (Å²) in [5, 5.41) is 6.68. The van der Waals surface area contributed by atoms with E-state index < -0.39 is 0 Å². The number of benzene rings is 9. The maximum Gasteiger partial charge on any atom is 0.164 e. The van der Waals surface area contributed by atoms with Crippen molar-refractivity contribution in [2.24, 2.45) is 9.98 Å². The number of aliphatic imine (C=N–C) groups is 2. The highest BCUT2D eigenvalue weighted by molar-refractivity contribution is 6.17. The molecule has 0 spiro atoms. The lowest BCUT2D eigenvalue weighted by Crippen LogP contribution is -2.33. The van der Waals surface area contributed by atoms with Gasteiger partial charge in [-0.25, -0.2) is 34.9 Å². The van der Waals surface area contributed by atoms with Gasteiger partial charge in [-0.15, -0.1) is 0 Å². The summed E-state index contributed by atoms with van der Waals surface area (Å²) < 4.78 is 4.51. The molecule has 1 N–H and O–H groups in total. The van der Waals surface area contributed by atoms with Crippen molar-refractivity contribution in [3.8, 4) is 51.2 Å². The highest BCUT2D eigenvalue weighted by Crippen LogP contribution is 2.38. The highest BCUT2D eigenvalue weighted by Gasteiger charge is 2.24. The predicted molar refractivity (Wildman–Crippen MR) is 289 cm³/mol. The molecule has 0 saturated heterocycles. The molecule has 13 aromatic rings. The van der Waals surface area contributed by atoms with Crippen molar-refractivity contribution >= 4 is 61.1 Å². The van der Waals surface area contributed by atoms with Crippen LogP contribution in [0, 0.1) is 0 Å². The van der Waals surface area contributed by atoms with Crippen molar-refractivity contribution in [3.05, 3.63) is 247 Å². The summed E-state index contributed by atoms with van der Waals surface area (Å²) in [6.07, 6.45) is -0.337. The van der Waals surface area contributed by atoms with Crippen LogP contribution in [-0.4, -0.2) is 45.6 Å². The number of amidine groups is 2. The number of para-hydroxylation sites is 3. The molecule has 0 aliphatic carbocycles. The van der Waals surface area contributed by atoms with Crippen LogP contribution in [-0.2, 0) is 0 Å². The number of hydrogen-bond donors (Lipinski definition) is 1. The fourth-order valence-electron chi connectivity index (χ4n) is 9.94. The van der Waals surface area contributed by atoms with Gasteiger partial charge in [-0.2, -0.15) is 0 Å².